The van der Waals surface area contributed by atoms with E-state index in [1.807, 2.05) is 38.1 Å². The average Bonchev–Trinajstić information content (AvgIpc) is 3.09. The third kappa shape index (κ3) is 6.12. The van der Waals surface area contributed by atoms with Crippen molar-refractivity contribution in [2.75, 3.05) is 11.9 Å². The van der Waals surface area contributed by atoms with E-state index in [1.54, 1.807) is 48.5 Å². The Hall–Kier alpha value is -3.55. The number of benzene rings is 3. The van der Waals surface area contributed by atoms with E-state index in [-0.39, 0.29) is 30.2 Å². The van der Waals surface area contributed by atoms with E-state index in [2.05, 4.69) is 5.32 Å². The van der Waals surface area contributed by atoms with Gasteiger partial charge in [0.05, 0.1) is 11.4 Å². The number of anilines is 1. The fourth-order valence-electron chi connectivity index (χ4n) is 3.44. The maximum atomic E-state index is 12.8. The van der Waals surface area contributed by atoms with Crippen LogP contribution in [-0.4, -0.2) is 28.6 Å². The summed E-state index contributed by atoms with van der Waals surface area (Å²) in [5.74, 6) is -0.178. The number of carbonyl (C=O) groups is 3. The smallest absolute Gasteiger partial charge is 0.293 e. The molecule has 0 unspecified atom stereocenters. The van der Waals surface area contributed by atoms with Crippen molar-refractivity contribution in [2.45, 2.75) is 20.4 Å². The van der Waals surface area contributed by atoms with Crippen LogP contribution in [0.1, 0.15) is 22.3 Å². The van der Waals surface area contributed by atoms with Crippen LogP contribution in [0.15, 0.2) is 71.6 Å². The Kier molecular flexibility index (Phi) is 7.58. The van der Waals surface area contributed by atoms with Crippen molar-refractivity contribution in [3.8, 4) is 5.75 Å². The zero-order valence-corrected chi connectivity index (χ0v) is 20.8. The van der Waals surface area contributed by atoms with Crippen molar-refractivity contribution >= 4 is 52.2 Å². The van der Waals surface area contributed by atoms with Gasteiger partial charge in [-0.1, -0.05) is 48.0 Å². The number of hydrogen-bond acceptors (Lipinski definition) is 5. The molecule has 0 radical (unpaired) electrons. The summed E-state index contributed by atoms with van der Waals surface area (Å²) in [4.78, 5) is 39.1. The van der Waals surface area contributed by atoms with E-state index in [4.69, 9.17) is 16.3 Å². The summed E-state index contributed by atoms with van der Waals surface area (Å²) in [5.41, 5.74) is 4.33. The Morgan fingerprint density at radius 2 is 1.83 bits per heavy atom. The molecule has 0 saturated carbocycles. The van der Waals surface area contributed by atoms with Crippen molar-refractivity contribution in [3.63, 3.8) is 0 Å². The highest BCUT2D eigenvalue weighted by molar-refractivity contribution is 8.18. The van der Waals surface area contributed by atoms with Gasteiger partial charge in [0.1, 0.15) is 5.75 Å². The van der Waals surface area contributed by atoms with Crippen LogP contribution in [0.3, 0.4) is 0 Å². The predicted octanol–water partition coefficient (Wildman–Crippen LogP) is 6.21. The van der Waals surface area contributed by atoms with E-state index < -0.39 is 0 Å². The summed E-state index contributed by atoms with van der Waals surface area (Å²) >= 11 is 7.06. The highest BCUT2D eigenvalue weighted by Crippen LogP contribution is 2.34. The van der Waals surface area contributed by atoms with Crippen LogP contribution in [0.25, 0.3) is 6.08 Å². The van der Waals surface area contributed by atoms with E-state index in [1.165, 1.54) is 4.90 Å². The summed E-state index contributed by atoms with van der Waals surface area (Å²) in [7, 11) is 0. The Morgan fingerprint density at radius 3 is 2.60 bits per heavy atom. The van der Waals surface area contributed by atoms with Crippen LogP contribution in [0.5, 0.6) is 5.75 Å². The summed E-state index contributed by atoms with van der Waals surface area (Å²) in [6, 6.07) is 19.8. The molecule has 1 heterocycles. The topological polar surface area (TPSA) is 75.7 Å². The SMILES string of the molecule is Cc1ccc(NC(=O)COc2cccc(/C=C3\SC(=O)N(Cc4ccccc4Cl)C3=O)c2)cc1C. The Labute approximate surface area is 212 Å². The summed E-state index contributed by atoms with van der Waals surface area (Å²) in [6.45, 7) is 3.94. The lowest BCUT2D eigenvalue weighted by Crippen LogP contribution is -2.27. The average molecular weight is 507 g/mol. The molecular weight excluding hydrogens is 484 g/mol. The lowest BCUT2D eigenvalue weighted by molar-refractivity contribution is -0.123. The first-order chi connectivity index (χ1) is 16.8. The molecule has 0 atom stereocenters. The number of rotatable bonds is 7. The third-order valence-corrected chi connectivity index (χ3v) is 6.75. The number of aryl methyl sites for hydroxylation is 2. The Bertz CT molecular complexity index is 1340. The van der Waals surface area contributed by atoms with Gasteiger partial charge in [-0.25, -0.2) is 0 Å². The molecule has 1 aliphatic heterocycles. The van der Waals surface area contributed by atoms with E-state index in [9.17, 15) is 14.4 Å². The molecule has 0 aromatic heterocycles. The maximum Gasteiger partial charge on any atom is 0.293 e. The molecule has 8 heteroatoms. The molecule has 1 N–H and O–H groups in total. The predicted molar refractivity (Wildman–Crippen MR) is 139 cm³/mol. The van der Waals surface area contributed by atoms with Crippen LogP contribution < -0.4 is 10.1 Å². The zero-order valence-electron chi connectivity index (χ0n) is 19.2. The number of carbonyl (C=O) groups excluding carboxylic acids is 3. The number of amides is 3. The number of halogens is 1. The number of hydrogen-bond donors (Lipinski definition) is 1. The number of nitrogens with zero attached hydrogens (tertiary/aromatic N) is 1. The zero-order chi connectivity index (χ0) is 24.9. The minimum atomic E-state index is -0.376. The largest absolute Gasteiger partial charge is 0.484 e. The van der Waals surface area contributed by atoms with Gasteiger partial charge in [0.2, 0.25) is 0 Å². The van der Waals surface area contributed by atoms with Gasteiger partial charge >= 0.3 is 0 Å². The van der Waals surface area contributed by atoms with Crippen LogP contribution in [-0.2, 0) is 16.1 Å². The molecule has 0 bridgehead atoms. The molecule has 3 aromatic carbocycles. The van der Waals surface area contributed by atoms with Crippen molar-refractivity contribution < 1.29 is 19.1 Å². The molecule has 3 aromatic rings. The van der Waals surface area contributed by atoms with Crippen molar-refractivity contribution in [1.82, 2.24) is 4.90 Å². The highest BCUT2D eigenvalue weighted by Gasteiger charge is 2.35. The quantitative estimate of drug-likeness (QED) is 0.385. The van der Waals surface area contributed by atoms with Crippen LogP contribution >= 0.6 is 23.4 Å². The molecular formula is C27H23ClN2O4S. The van der Waals surface area contributed by atoms with Crippen molar-refractivity contribution in [3.05, 3.63) is 98.9 Å². The monoisotopic (exact) mass is 506 g/mol. The van der Waals surface area contributed by atoms with E-state index in [0.29, 0.717) is 32.5 Å². The number of imide groups is 1. The first-order valence-corrected chi connectivity index (χ1v) is 12.1. The van der Waals surface area contributed by atoms with Crippen LogP contribution in [0.4, 0.5) is 10.5 Å². The lowest BCUT2D eigenvalue weighted by Gasteiger charge is -2.13. The van der Waals surface area contributed by atoms with Crippen molar-refractivity contribution in [2.24, 2.45) is 0 Å². The van der Waals surface area contributed by atoms with Gasteiger partial charge < -0.3 is 10.1 Å². The summed E-state index contributed by atoms with van der Waals surface area (Å²) in [6.07, 6.45) is 1.64. The minimum absolute atomic E-state index is 0.112. The minimum Gasteiger partial charge on any atom is -0.484 e. The van der Waals surface area contributed by atoms with Gasteiger partial charge in [-0.2, -0.15) is 0 Å². The van der Waals surface area contributed by atoms with Gasteiger partial charge in [0, 0.05) is 10.7 Å². The number of nitrogens with one attached hydrogen (secondary N) is 1. The van der Waals surface area contributed by atoms with Gasteiger partial charge in [0.25, 0.3) is 17.1 Å². The van der Waals surface area contributed by atoms with E-state index in [0.717, 1.165) is 22.9 Å². The first kappa shape index (κ1) is 24.6. The van der Waals surface area contributed by atoms with Crippen LogP contribution in [0.2, 0.25) is 5.02 Å². The fourth-order valence-corrected chi connectivity index (χ4v) is 4.48. The second-order valence-electron chi connectivity index (χ2n) is 8.07. The third-order valence-electron chi connectivity index (χ3n) is 5.48. The van der Waals surface area contributed by atoms with Crippen LogP contribution in [0, 0.1) is 13.8 Å². The number of ether oxygens (including phenoxy) is 1. The Morgan fingerprint density at radius 1 is 1.03 bits per heavy atom. The molecule has 178 valence electrons. The molecule has 1 fully saturated rings. The molecule has 4 rings (SSSR count). The molecule has 1 saturated heterocycles. The second-order valence-corrected chi connectivity index (χ2v) is 9.47. The van der Waals surface area contributed by atoms with Gasteiger partial charge in [-0.05, 0) is 84.3 Å². The standard InChI is InChI=1S/C27H23ClN2O4S/c1-17-10-11-21(12-18(17)2)29-25(31)16-34-22-8-5-6-19(13-22)14-24-26(32)30(27(33)35-24)15-20-7-3-4-9-23(20)28/h3-14H,15-16H2,1-2H3,(H,29,31)/b24-14-. The van der Waals surface area contributed by atoms with Gasteiger partial charge in [-0.15, -0.1) is 0 Å². The highest BCUT2D eigenvalue weighted by atomic mass is 35.5. The fraction of sp³-hybridized carbons (Fsp3) is 0.148. The number of thioether (sulfide) groups is 1. The molecule has 35 heavy (non-hydrogen) atoms. The summed E-state index contributed by atoms with van der Waals surface area (Å²) in [5, 5.41) is 2.97. The Balaban J connectivity index is 1.39. The van der Waals surface area contributed by atoms with Gasteiger partial charge in [-0.3, -0.25) is 19.3 Å². The lowest BCUT2D eigenvalue weighted by atomic mass is 10.1. The normalized spacial score (nSPS) is 14.5. The molecule has 6 nitrogen and oxygen atoms in total. The second kappa shape index (κ2) is 10.8. The van der Waals surface area contributed by atoms with E-state index >= 15 is 0 Å². The molecule has 3 amide bonds. The molecule has 1 aliphatic rings. The first-order valence-electron chi connectivity index (χ1n) is 10.9. The molecule has 0 aliphatic carbocycles. The molecule has 0 spiro atoms. The van der Waals surface area contributed by atoms with Gasteiger partial charge in [0.15, 0.2) is 6.61 Å². The maximum absolute atomic E-state index is 12.8. The summed E-state index contributed by atoms with van der Waals surface area (Å²) < 4.78 is 5.64. The van der Waals surface area contributed by atoms with Crippen molar-refractivity contribution in [1.29, 1.82) is 0 Å².